The van der Waals surface area contributed by atoms with Gasteiger partial charge in [-0.3, -0.25) is 4.79 Å². The molecular formula is C14H19FO2. The zero-order chi connectivity index (χ0) is 12.8. The van der Waals surface area contributed by atoms with Crippen molar-refractivity contribution in [2.24, 2.45) is 0 Å². The Morgan fingerprint density at radius 1 is 1.47 bits per heavy atom. The van der Waals surface area contributed by atoms with Crippen molar-refractivity contribution in [3.05, 3.63) is 35.1 Å². The molecule has 0 aliphatic heterocycles. The lowest BCUT2D eigenvalue weighted by Crippen LogP contribution is -2.13. The van der Waals surface area contributed by atoms with Crippen LogP contribution in [-0.2, 0) is 16.0 Å². The van der Waals surface area contributed by atoms with Crippen molar-refractivity contribution in [1.82, 2.24) is 0 Å². The second kappa shape index (κ2) is 6.38. The van der Waals surface area contributed by atoms with Crippen LogP contribution in [0, 0.1) is 5.82 Å². The van der Waals surface area contributed by atoms with Gasteiger partial charge in [0.05, 0.1) is 13.0 Å². The molecule has 0 aliphatic carbocycles. The summed E-state index contributed by atoms with van der Waals surface area (Å²) < 4.78 is 18.8. The number of carbonyl (C=O) groups excluding carboxylic acids is 1. The van der Waals surface area contributed by atoms with Gasteiger partial charge in [-0.1, -0.05) is 31.5 Å². The number of aryl methyl sites for hydroxylation is 1. The minimum Gasteiger partial charge on any atom is -0.469 e. The predicted molar refractivity (Wildman–Crippen MR) is 65.4 cm³/mol. The number of rotatable bonds is 5. The van der Waals surface area contributed by atoms with Crippen LogP contribution < -0.4 is 0 Å². The maximum Gasteiger partial charge on any atom is 0.312 e. The van der Waals surface area contributed by atoms with E-state index < -0.39 is 11.9 Å². The van der Waals surface area contributed by atoms with Crippen molar-refractivity contribution in [1.29, 1.82) is 0 Å². The molecule has 0 amide bonds. The van der Waals surface area contributed by atoms with Gasteiger partial charge in [0.1, 0.15) is 5.82 Å². The van der Waals surface area contributed by atoms with Crippen LogP contribution in [0.4, 0.5) is 4.39 Å². The van der Waals surface area contributed by atoms with Crippen LogP contribution >= 0.6 is 0 Å². The van der Waals surface area contributed by atoms with E-state index in [1.807, 2.05) is 0 Å². The Labute approximate surface area is 102 Å². The summed E-state index contributed by atoms with van der Waals surface area (Å²) in [5.74, 6) is -1.23. The number of ether oxygens (including phenoxy) is 1. The van der Waals surface area contributed by atoms with Crippen LogP contribution in [0.25, 0.3) is 0 Å². The number of unbranched alkanes of at least 4 members (excludes halogenated alkanes) is 1. The first kappa shape index (κ1) is 13.7. The minimum absolute atomic E-state index is 0.265. The van der Waals surface area contributed by atoms with Gasteiger partial charge in [-0.05, 0) is 25.3 Å². The number of hydrogen-bond donors (Lipinski definition) is 0. The molecule has 0 bridgehead atoms. The highest BCUT2D eigenvalue weighted by molar-refractivity contribution is 5.77. The van der Waals surface area contributed by atoms with Gasteiger partial charge in [0.25, 0.3) is 0 Å². The van der Waals surface area contributed by atoms with Gasteiger partial charge in [0.2, 0.25) is 0 Å². The van der Waals surface area contributed by atoms with Crippen LogP contribution in [0.5, 0.6) is 0 Å². The monoisotopic (exact) mass is 238 g/mol. The summed E-state index contributed by atoms with van der Waals surface area (Å²) in [6, 6.07) is 5.22. The van der Waals surface area contributed by atoms with E-state index in [9.17, 15) is 9.18 Å². The Morgan fingerprint density at radius 3 is 2.76 bits per heavy atom. The van der Waals surface area contributed by atoms with Crippen LogP contribution in [0.3, 0.4) is 0 Å². The SMILES string of the molecule is CCCCc1cccc(C(C)C(=O)OC)c1F. The molecule has 1 atom stereocenters. The van der Waals surface area contributed by atoms with Gasteiger partial charge in [-0.15, -0.1) is 0 Å². The van der Waals surface area contributed by atoms with Gasteiger partial charge in [0.15, 0.2) is 0 Å². The molecule has 0 heterocycles. The number of esters is 1. The van der Waals surface area contributed by atoms with Gasteiger partial charge < -0.3 is 4.74 Å². The lowest BCUT2D eigenvalue weighted by molar-refractivity contribution is -0.142. The molecule has 3 heteroatoms. The number of methoxy groups -OCH3 is 1. The van der Waals surface area contributed by atoms with Crippen molar-refractivity contribution >= 4 is 5.97 Å². The quantitative estimate of drug-likeness (QED) is 0.734. The van der Waals surface area contributed by atoms with E-state index >= 15 is 0 Å². The molecule has 2 nitrogen and oxygen atoms in total. The fourth-order valence-electron chi connectivity index (χ4n) is 1.80. The van der Waals surface area contributed by atoms with E-state index in [1.165, 1.54) is 7.11 Å². The third kappa shape index (κ3) is 3.29. The fourth-order valence-corrected chi connectivity index (χ4v) is 1.80. The summed E-state index contributed by atoms with van der Waals surface area (Å²) in [7, 11) is 1.32. The second-order valence-electron chi connectivity index (χ2n) is 4.17. The van der Waals surface area contributed by atoms with Crippen LogP contribution in [-0.4, -0.2) is 13.1 Å². The molecule has 0 N–H and O–H groups in total. The first-order chi connectivity index (χ1) is 8.11. The van der Waals surface area contributed by atoms with Gasteiger partial charge >= 0.3 is 5.97 Å². The lowest BCUT2D eigenvalue weighted by atomic mass is 9.96. The third-order valence-corrected chi connectivity index (χ3v) is 2.93. The Balaban J connectivity index is 2.97. The summed E-state index contributed by atoms with van der Waals surface area (Å²) >= 11 is 0. The molecule has 0 saturated carbocycles. The first-order valence-corrected chi connectivity index (χ1v) is 5.96. The number of halogens is 1. The summed E-state index contributed by atoms with van der Waals surface area (Å²) in [4.78, 5) is 11.4. The number of hydrogen-bond acceptors (Lipinski definition) is 2. The van der Waals surface area contributed by atoms with Gasteiger partial charge in [-0.2, -0.15) is 0 Å². The Hall–Kier alpha value is -1.38. The maximum atomic E-state index is 14.1. The second-order valence-corrected chi connectivity index (χ2v) is 4.17. The molecular weight excluding hydrogens is 219 g/mol. The first-order valence-electron chi connectivity index (χ1n) is 5.96. The Kier molecular flexibility index (Phi) is 5.13. The van der Waals surface area contributed by atoms with Crippen LogP contribution in [0.1, 0.15) is 43.7 Å². The molecule has 1 rings (SSSR count). The number of carbonyl (C=O) groups is 1. The maximum absolute atomic E-state index is 14.1. The molecule has 1 aromatic rings. The van der Waals surface area contributed by atoms with Crippen LogP contribution in [0.15, 0.2) is 18.2 Å². The van der Waals surface area contributed by atoms with Crippen molar-refractivity contribution in [2.75, 3.05) is 7.11 Å². The molecule has 0 radical (unpaired) electrons. The van der Waals surface area contributed by atoms with Gasteiger partial charge in [-0.25, -0.2) is 4.39 Å². The van der Waals surface area contributed by atoms with Crippen molar-refractivity contribution < 1.29 is 13.9 Å². The van der Waals surface area contributed by atoms with Crippen molar-refractivity contribution in [2.45, 2.75) is 39.0 Å². The van der Waals surface area contributed by atoms with Crippen LogP contribution in [0.2, 0.25) is 0 Å². The van der Waals surface area contributed by atoms with Crippen molar-refractivity contribution in [3.63, 3.8) is 0 Å². The summed E-state index contributed by atoms with van der Waals surface area (Å²) in [5.41, 5.74) is 1.10. The van der Waals surface area contributed by atoms with E-state index in [0.717, 1.165) is 12.8 Å². The standard InChI is InChI=1S/C14H19FO2/c1-4-5-7-11-8-6-9-12(13(11)15)10(2)14(16)17-3/h6,8-10H,4-5,7H2,1-3H3. The summed E-state index contributed by atoms with van der Waals surface area (Å²) in [6.07, 6.45) is 2.69. The van der Waals surface area contributed by atoms with E-state index in [2.05, 4.69) is 11.7 Å². The highest BCUT2D eigenvalue weighted by Gasteiger charge is 2.20. The average molecular weight is 238 g/mol. The largest absolute Gasteiger partial charge is 0.469 e. The molecule has 0 saturated heterocycles. The topological polar surface area (TPSA) is 26.3 Å². The van der Waals surface area contributed by atoms with E-state index in [-0.39, 0.29) is 5.82 Å². The highest BCUT2D eigenvalue weighted by Crippen LogP contribution is 2.23. The van der Waals surface area contributed by atoms with E-state index in [4.69, 9.17) is 0 Å². The molecule has 1 unspecified atom stereocenters. The Morgan fingerprint density at radius 2 is 2.18 bits per heavy atom. The molecule has 17 heavy (non-hydrogen) atoms. The zero-order valence-electron chi connectivity index (χ0n) is 10.6. The fraction of sp³-hybridized carbons (Fsp3) is 0.500. The molecule has 0 aliphatic rings. The summed E-state index contributed by atoms with van der Waals surface area (Å²) in [6.45, 7) is 3.73. The molecule has 0 fully saturated rings. The summed E-state index contributed by atoms with van der Waals surface area (Å²) in [5, 5.41) is 0. The smallest absolute Gasteiger partial charge is 0.312 e. The average Bonchev–Trinajstić information content (AvgIpc) is 2.35. The molecule has 0 spiro atoms. The zero-order valence-corrected chi connectivity index (χ0v) is 10.6. The third-order valence-electron chi connectivity index (χ3n) is 2.93. The normalized spacial score (nSPS) is 12.2. The Bertz CT molecular complexity index is 388. The molecule has 0 aromatic heterocycles. The predicted octanol–water partition coefficient (Wildman–Crippen LogP) is 3.44. The minimum atomic E-state index is -0.554. The highest BCUT2D eigenvalue weighted by atomic mass is 19.1. The number of benzene rings is 1. The van der Waals surface area contributed by atoms with E-state index in [1.54, 1.807) is 25.1 Å². The molecule has 1 aromatic carbocycles. The van der Waals surface area contributed by atoms with Crippen molar-refractivity contribution in [3.8, 4) is 0 Å². The van der Waals surface area contributed by atoms with Gasteiger partial charge in [0, 0.05) is 5.56 Å². The lowest BCUT2D eigenvalue weighted by Gasteiger charge is -2.13. The van der Waals surface area contributed by atoms with E-state index in [0.29, 0.717) is 17.5 Å². The molecule has 94 valence electrons.